The van der Waals surface area contributed by atoms with E-state index in [1.807, 2.05) is 30.3 Å². The predicted octanol–water partition coefficient (Wildman–Crippen LogP) is 4.26. The number of nitrogens with one attached hydrogen (secondary N) is 2. The second-order valence-electron chi connectivity index (χ2n) is 12.3. The summed E-state index contributed by atoms with van der Waals surface area (Å²) in [6.07, 6.45) is -0.815. The summed E-state index contributed by atoms with van der Waals surface area (Å²) in [6.45, 7) is 0.687. The Morgan fingerprint density at radius 1 is 0.978 bits per heavy atom. The molecule has 3 heterocycles. The monoisotopic (exact) mass is 656 g/mol. The number of hydrazine groups is 1. The summed E-state index contributed by atoms with van der Waals surface area (Å²) in [5, 5.41) is 16.1. The van der Waals surface area contributed by atoms with Gasteiger partial charge in [-0.3, -0.25) is 24.9 Å². The second-order valence-corrected chi connectivity index (χ2v) is 14.3. The summed E-state index contributed by atoms with van der Waals surface area (Å²) in [5.74, 6) is -1.56. The van der Waals surface area contributed by atoms with Crippen LogP contribution in [0.15, 0.2) is 71.6 Å². The lowest BCUT2D eigenvalue weighted by molar-refractivity contribution is -0.137. The summed E-state index contributed by atoms with van der Waals surface area (Å²) in [4.78, 5) is 28.3. The molecule has 7 rings (SSSR count). The molecule has 0 aromatic heterocycles. The molecule has 2 atom stereocenters. The molecule has 0 spiro atoms. The van der Waals surface area contributed by atoms with Crippen molar-refractivity contribution in [1.29, 1.82) is 0 Å². The molecule has 2 amide bonds. The Kier molecular flexibility index (Phi) is 8.36. The molecule has 3 aromatic rings. The Bertz CT molecular complexity index is 1760. The molecule has 3 N–H and O–H groups in total. The Balaban J connectivity index is 1.38. The minimum absolute atomic E-state index is 0.0662. The molecule has 3 aromatic carbocycles. The van der Waals surface area contributed by atoms with E-state index in [1.165, 1.54) is 11.1 Å². The van der Waals surface area contributed by atoms with Crippen molar-refractivity contribution in [1.82, 2.24) is 15.6 Å². The third kappa shape index (κ3) is 6.23. The van der Waals surface area contributed by atoms with Crippen molar-refractivity contribution in [3.8, 4) is 11.1 Å². The molecule has 244 valence electrons. The first-order chi connectivity index (χ1) is 21.7. The van der Waals surface area contributed by atoms with Crippen LogP contribution in [-0.4, -0.2) is 68.2 Å². The molecule has 46 heavy (non-hydrogen) atoms. The van der Waals surface area contributed by atoms with E-state index in [-0.39, 0.29) is 28.2 Å². The highest BCUT2D eigenvalue weighted by Crippen LogP contribution is 2.49. The number of aliphatic hydroxyl groups is 1. The van der Waals surface area contributed by atoms with Gasteiger partial charge in [-0.25, -0.2) is 8.42 Å². The molecule has 0 radical (unpaired) electrons. The number of benzene rings is 3. The molecular formula is C33H35F3N4O5S. The number of carbonyl (C=O) groups excluding carboxylic acids is 2. The fraction of sp³-hybridized carbons (Fsp3) is 0.394. The first-order valence-electron chi connectivity index (χ1n) is 15.2. The van der Waals surface area contributed by atoms with Gasteiger partial charge in [0.2, 0.25) is 0 Å². The number of rotatable bonds is 6. The van der Waals surface area contributed by atoms with Crippen molar-refractivity contribution in [3.05, 3.63) is 83.4 Å². The standard InChI is InChI=1S/C33H35F3N4O5S/c1-46(44,45)30-27-11-10-26(21-6-3-2-4-7-21)29(30)32(43)15-12-24(13-16-32)39-17-14-25(20-39)40(27)38-28(41)19-37-31(42)22-8-5-9-23(18-22)33(34,35)36/h2-11,18,24-25,43H,12-17,19-20H2,1H3,(H,37,42)(H,38,41)/t24?,25-,32?/m1/s1. The molecule has 9 nitrogen and oxygen atoms in total. The number of halogens is 3. The number of amides is 2. The van der Waals surface area contributed by atoms with E-state index in [4.69, 9.17) is 0 Å². The zero-order valence-electron chi connectivity index (χ0n) is 25.2. The molecule has 3 aliphatic heterocycles. The van der Waals surface area contributed by atoms with Crippen molar-refractivity contribution < 1.29 is 36.3 Å². The minimum Gasteiger partial charge on any atom is -0.385 e. The molecule has 6 bridgehead atoms. The Morgan fingerprint density at radius 2 is 1.70 bits per heavy atom. The molecule has 1 aliphatic carbocycles. The second kappa shape index (κ2) is 12.0. The number of carbonyl (C=O) groups is 2. The van der Waals surface area contributed by atoms with Gasteiger partial charge in [-0.15, -0.1) is 0 Å². The summed E-state index contributed by atoms with van der Waals surface area (Å²) < 4.78 is 66.9. The van der Waals surface area contributed by atoms with Gasteiger partial charge in [-0.2, -0.15) is 13.2 Å². The molecule has 4 aliphatic rings. The molecule has 13 heteroatoms. The Hall–Kier alpha value is -3.94. The quantitative estimate of drug-likeness (QED) is 0.363. The molecular weight excluding hydrogens is 621 g/mol. The first-order valence-corrected chi connectivity index (χ1v) is 17.1. The van der Waals surface area contributed by atoms with Gasteiger partial charge >= 0.3 is 6.18 Å². The van der Waals surface area contributed by atoms with Crippen LogP contribution in [0.3, 0.4) is 0 Å². The number of alkyl halides is 3. The highest BCUT2D eigenvalue weighted by Gasteiger charge is 2.46. The number of anilines is 1. The van der Waals surface area contributed by atoms with Crippen LogP contribution in [0.4, 0.5) is 18.9 Å². The summed E-state index contributed by atoms with van der Waals surface area (Å²) in [5.41, 5.74) is 1.97. The molecule has 2 fully saturated rings. The number of sulfone groups is 1. The van der Waals surface area contributed by atoms with Crippen LogP contribution in [0.2, 0.25) is 0 Å². The van der Waals surface area contributed by atoms with E-state index < -0.39 is 45.5 Å². The fourth-order valence-corrected chi connectivity index (χ4v) is 8.30. The lowest BCUT2D eigenvalue weighted by Crippen LogP contribution is -2.53. The lowest BCUT2D eigenvalue weighted by Gasteiger charge is -2.41. The number of hydrogen-bond acceptors (Lipinski definition) is 7. The number of nitrogens with zero attached hydrogens (tertiary/aromatic N) is 2. The zero-order valence-corrected chi connectivity index (χ0v) is 26.0. The average molecular weight is 657 g/mol. The van der Waals surface area contributed by atoms with Gasteiger partial charge in [0.05, 0.1) is 34.3 Å². The predicted molar refractivity (Wildman–Crippen MR) is 166 cm³/mol. The van der Waals surface area contributed by atoms with Crippen molar-refractivity contribution >= 4 is 27.3 Å². The SMILES string of the molecule is CS(=O)(=O)c1c2ccc(-c3ccccc3)c1C1(O)CCC(CC1)N1CC[C@H](C1)N2NC(=O)CNC(=O)c1cccc(C(F)(F)F)c1. The lowest BCUT2D eigenvalue weighted by atomic mass is 9.74. The summed E-state index contributed by atoms with van der Waals surface area (Å²) >= 11 is 0. The van der Waals surface area contributed by atoms with E-state index in [1.54, 1.807) is 12.1 Å². The third-order valence-corrected chi connectivity index (χ3v) is 10.4. The normalized spacial score (nSPS) is 24.3. The summed E-state index contributed by atoms with van der Waals surface area (Å²) in [6, 6.07) is 16.4. The van der Waals surface area contributed by atoms with Gasteiger partial charge in [0, 0.05) is 36.5 Å². The van der Waals surface area contributed by atoms with Gasteiger partial charge in [0.25, 0.3) is 11.8 Å². The zero-order chi connectivity index (χ0) is 32.9. The topological polar surface area (TPSA) is 119 Å². The number of hydrogen-bond donors (Lipinski definition) is 3. The van der Waals surface area contributed by atoms with E-state index in [2.05, 4.69) is 15.6 Å². The van der Waals surface area contributed by atoms with Gasteiger partial charge in [-0.1, -0.05) is 42.5 Å². The Morgan fingerprint density at radius 3 is 2.37 bits per heavy atom. The largest absolute Gasteiger partial charge is 0.416 e. The van der Waals surface area contributed by atoms with Gasteiger partial charge in [-0.05, 0) is 67.5 Å². The van der Waals surface area contributed by atoms with Gasteiger partial charge < -0.3 is 10.4 Å². The molecule has 1 unspecified atom stereocenters. The molecule has 1 saturated carbocycles. The Labute approximate surface area is 265 Å². The van der Waals surface area contributed by atoms with Crippen LogP contribution < -0.4 is 15.8 Å². The van der Waals surface area contributed by atoms with Crippen LogP contribution in [0.25, 0.3) is 11.1 Å². The smallest absolute Gasteiger partial charge is 0.385 e. The van der Waals surface area contributed by atoms with Gasteiger partial charge in [0.15, 0.2) is 9.84 Å². The first kappa shape index (κ1) is 32.0. The summed E-state index contributed by atoms with van der Waals surface area (Å²) in [7, 11) is -3.99. The van der Waals surface area contributed by atoms with Crippen molar-refractivity contribution in [2.24, 2.45) is 0 Å². The number of fused-ring (bicyclic) bond motifs is 2. The van der Waals surface area contributed by atoms with Crippen molar-refractivity contribution in [3.63, 3.8) is 0 Å². The van der Waals surface area contributed by atoms with Crippen molar-refractivity contribution in [2.45, 2.75) is 60.9 Å². The van der Waals surface area contributed by atoms with Crippen LogP contribution in [-0.2, 0) is 26.4 Å². The van der Waals surface area contributed by atoms with Crippen LogP contribution in [0.1, 0.15) is 53.6 Å². The molecule has 1 saturated heterocycles. The highest BCUT2D eigenvalue weighted by molar-refractivity contribution is 7.91. The van der Waals surface area contributed by atoms with E-state index in [0.717, 1.165) is 30.5 Å². The van der Waals surface area contributed by atoms with E-state index in [9.17, 15) is 36.3 Å². The van der Waals surface area contributed by atoms with Crippen LogP contribution >= 0.6 is 0 Å². The maximum absolute atomic E-state index is 13.7. The van der Waals surface area contributed by atoms with Crippen LogP contribution in [0, 0.1) is 0 Å². The van der Waals surface area contributed by atoms with E-state index in [0.29, 0.717) is 55.8 Å². The third-order valence-electron chi connectivity index (χ3n) is 9.28. The maximum Gasteiger partial charge on any atom is 0.416 e. The van der Waals surface area contributed by atoms with Crippen molar-refractivity contribution in [2.75, 3.05) is 30.9 Å². The highest BCUT2D eigenvalue weighted by atomic mass is 32.2. The van der Waals surface area contributed by atoms with E-state index >= 15 is 0 Å². The van der Waals surface area contributed by atoms with Gasteiger partial charge in [0.1, 0.15) is 0 Å². The average Bonchev–Trinajstić information content (AvgIpc) is 3.51. The maximum atomic E-state index is 13.7. The van der Waals surface area contributed by atoms with Crippen LogP contribution in [0.5, 0.6) is 0 Å². The minimum atomic E-state index is -4.64. The fourth-order valence-electron chi connectivity index (χ4n) is 7.08.